The van der Waals surface area contributed by atoms with Gasteiger partial charge < -0.3 is 5.32 Å². The molecule has 0 saturated carbocycles. The van der Waals surface area contributed by atoms with E-state index in [2.05, 4.69) is 53.9 Å². The normalized spacial score (nSPS) is 17.9. The van der Waals surface area contributed by atoms with Gasteiger partial charge in [0.1, 0.15) is 0 Å². The van der Waals surface area contributed by atoms with Gasteiger partial charge in [-0.1, -0.05) is 42.5 Å². The van der Waals surface area contributed by atoms with Crippen molar-refractivity contribution >= 4 is 11.3 Å². The monoisotopic (exact) mass is 195 g/mol. The third-order valence-corrected chi connectivity index (χ3v) is 2.78. The largest absolute Gasteiger partial charge is 0.381 e. The van der Waals surface area contributed by atoms with Gasteiger partial charge in [0.25, 0.3) is 0 Å². The van der Waals surface area contributed by atoms with Gasteiger partial charge in [-0.25, -0.2) is 0 Å². The molecule has 0 fully saturated rings. The van der Waals surface area contributed by atoms with Crippen molar-refractivity contribution in [2.24, 2.45) is 0 Å². The lowest BCUT2D eigenvalue weighted by Gasteiger charge is -2.12. The zero-order valence-corrected chi connectivity index (χ0v) is 8.53. The first-order valence-electron chi connectivity index (χ1n) is 5.34. The van der Waals surface area contributed by atoms with Crippen LogP contribution in [0.15, 0.2) is 48.6 Å². The molecule has 0 spiro atoms. The van der Waals surface area contributed by atoms with E-state index in [0.717, 1.165) is 6.54 Å². The molecule has 1 heteroatoms. The van der Waals surface area contributed by atoms with Gasteiger partial charge in [0.05, 0.1) is 0 Å². The van der Waals surface area contributed by atoms with E-state index in [9.17, 15) is 0 Å². The molecule has 2 aliphatic rings. The molecule has 1 aliphatic carbocycles. The molecule has 0 bridgehead atoms. The van der Waals surface area contributed by atoms with Crippen LogP contribution in [0.4, 0.5) is 0 Å². The Labute approximate surface area is 89.8 Å². The van der Waals surface area contributed by atoms with Crippen molar-refractivity contribution in [1.29, 1.82) is 0 Å². The predicted molar refractivity (Wildman–Crippen MR) is 64.2 cm³/mol. The number of rotatable bonds is 2. The lowest BCUT2D eigenvalue weighted by Crippen LogP contribution is -2.14. The van der Waals surface area contributed by atoms with Gasteiger partial charge in [-0.15, -0.1) is 0 Å². The number of benzene rings is 1. The molecule has 1 aromatic carbocycles. The summed E-state index contributed by atoms with van der Waals surface area (Å²) in [4.78, 5) is 0. The Morgan fingerprint density at radius 2 is 1.73 bits per heavy atom. The highest BCUT2D eigenvalue weighted by Gasteiger charge is 2.10. The van der Waals surface area contributed by atoms with Crippen molar-refractivity contribution in [3.63, 3.8) is 0 Å². The molecular formula is C14H13N. The Hall–Kier alpha value is -1.76. The van der Waals surface area contributed by atoms with E-state index >= 15 is 0 Å². The lowest BCUT2D eigenvalue weighted by molar-refractivity contribution is 0.995. The number of hydrogen-bond acceptors (Lipinski definition) is 1. The molecule has 1 nitrogen and oxygen atoms in total. The van der Waals surface area contributed by atoms with E-state index in [1.165, 1.54) is 28.8 Å². The van der Waals surface area contributed by atoms with Crippen molar-refractivity contribution in [3.8, 4) is 0 Å². The number of hydrogen-bond donors (Lipinski definition) is 1. The first-order valence-corrected chi connectivity index (χ1v) is 5.34. The van der Waals surface area contributed by atoms with E-state index in [1.807, 2.05) is 0 Å². The smallest absolute Gasteiger partial charge is 0.0416 e. The van der Waals surface area contributed by atoms with Crippen LogP contribution in [-0.2, 0) is 0 Å². The van der Waals surface area contributed by atoms with Gasteiger partial charge in [0.2, 0.25) is 0 Å². The van der Waals surface area contributed by atoms with Crippen LogP contribution in [0, 0.1) is 0 Å². The Morgan fingerprint density at radius 3 is 2.33 bits per heavy atom. The third-order valence-electron chi connectivity index (χ3n) is 2.78. The summed E-state index contributed by atoms with van der Waals surface area (Å²) in [5.41, 5.74) is 5.33. The molecular weight excluding hydrogens is 182 g/mol. The minimum absolute atomic E-state index is 0.929. The molecule has 0 amide bonds. The molecule has 0 radical (unpaired) electrons. The van der Waals surface area contributed by atoms with Gasteiger partial charge in [-0.05, 0) is 29.2 Å². The van der Waals surface area contributed by atoms with Gasteiger partial charge in [0, 0.05) is 12.2 Å². The van der Waals surface area contributed by atoms with Crippen LogP contribution in [-0.4, -0.2) is 6.54 Å². The summed E-state index contributed by atoms with van der Waals surface area (Å²) in [5, 5.41) is 3.36. The predicted octanol–water partition coefficient (Wildman–Crippen LogP) is 2.97. The molecule has 0 unspecified atom stereocenters. The Bertz CT molecular complexity index is 461. The topological polar surface area (TPSA) is 12.0 Å². The van der Waals surface area contributed by atoms with E-state index in [4.69, 9.17) is 0 Å². The number of allylic oxidation sites excluding steroid dienone is 4. The Kier molecular flexibility index (Phi) is 1.95. The second kappa shape index (κ2) is 3.43. The first-order chi connectivity index (χ1) is 7.43. The van der Waals surface area contributed by atoms with Crippen molar-refractivity contribution in [3.05, 3.63) is 59.7 Å². The van der Waals surface area contributed by atoms with Crippen molar-refractivity contribution in [2.45, 2.75) is 6.42 Å². The van der Waals surface area contributed by atoms with E-state index < -0.39 is 0 Å². The highest BCUT2D eigenvalue weighted by atomic mass is 14.9. The quantitative estimate of drug-likeness (QED) is 0.765. The SMILES string of the molecule is C1=CCNC(c2ccc(C3=CC3)cc2)=C1. The van der Waals surface area contributed by atoms with Gasteiger partial charge in [0.15, 0.2) is 0 Å². The summed E-state index contributed by atoms with van der Waals surface area (Å²) in [5.74, 6) is 0. The standard InChI is InChI=1S/C14H13N/c1-2-10-15-14(3-1)13-8-6-12(7-9-13)11-4-5-11/h1-4,6-9,15H,5,10H2. The average Bonchev–Trinajstić information content (AvgIpc) is 3.15. The van der Waals surface area contributed by atoms with Crippen LogP contribution in [0.25, 0.3) is 11.3 Å². The fraction of sp³-hybridized carbons (Fsp3) is 0.143. The van der Waals surface area contributed by atoms with Crippen LogP contribution in [0.5, 0.6) is 0 Å². The number of nitrogens with one attached hydrogen (secondary N) is 1. The molecule has 3 rings (SSSR count). The maximum atomic E-state index is 3.36. The molecule has 1 heterocycles. The molecule has 1 aliphatic heterocycles. The molecule has 1 N–H and O–H groups in total. The fourth-order valence-corrected chi connectivity index (χ4v) is 1.81. The Morgan fingerprint density at radius 1 is 1.00 bits per heavy atom. The second-order valence-electron chi connectivity index (χ2n) is 3.90. The summed E-state index contributed by atoms with van der Waals surface area (Å²) >= 11 is 0. The second-order valence-corrected chi connectivity index (χ2v) is 3.90. The third kappa shape index (κ3) is 1.73. The van der Waals surface area contributed by atoms with Crippen molar-refractivity contribution in [2.75, 3.05) is 6.54 Å². The summed E-state index contributed by atoms with van der Waals surface area (Å²) in [6.45, 7) is 0.929. The molecule has 15 heavy (non-hydrogen) atoms. The highest BCUT2D eigenvalue weighted by molar-refractivity contribution is 5.78. The van der Waals surface area contributed by atoms with Crippen molar-refractivity contribution in [1.82, 2.24) is 5.32 Å². The van der Waals surface area contributed by atoms with Crippen LogP contribution >= 0.6 is 0 Å². The van der Waals surface area contributed by atoms with E-state index in [1.54, 1.807) is 0 Å². The molecule has 74 valence electrons. The van der Waals surface area contributed by atoms with E-state index in [0.29, 0.717) is 0 Å². The first kappa shape index (κ1) is 8.54. The minimum atomic E-state index is 0.929. The fourth-order valence-electron chi connectivity index (χ4n) is 1.81. The van der Waals surface area contributed by atoms with Gasteiger partial charge in [-0.2, -0.15) is 0 Å². The molecule has 0 atom stereocenters. The molecule has 0 aromatic heterocycles. The van der Waals surface area contributed by atoms with Crippen LogP contribution < -0.4 is 5.32 Å². The van der Waals surface area contributed by atoms with Gasteiger partial charge in [-0.3, -0.25) is 0 Å². The minimum Gasteiger partial charge on any atom is -0.381 e. The van der Waals surface area contributed by atoms with Crippen molar-refractivity contribution < 1.29 is 0 Å². The summed E-state index contributed by atoms with van der Waals surface area (Å²) < 4.78 is 0. The number of dihydropyridines is 1. The zero-order chi connectivity index (χ0) is 10.1. The highest BCUT2D eigenvalue weighted by Crippen LogP contribution is 2.31. The van der Waals surface area contributed by atoms with Crippen LogP contribution in [0.2, 0.25) is 0 Å². The summed E-state index contributed by atoms with van der Waals surface area (Å²) in [6.07, 6.45) is 9.77. The lowest BCUT2D eigenvalue weighted by atomic mass is 10.1. The summed E-state index contributed by atoms with van der Waals surface area (Å²) in [7, 11) is 0. The van der Waals surface area contributed by atoms with Gasteiger partial charge >= 0.3 is 0 Å². The van der Waals surface area contributed by atoms with Crippen LogP contribution in [0.1, 0.15) is 17.5 Å². The maximum absolute atomic E-state index is 3.36. The molecule has 0 saturated heterocycles. The van der Waals surface area contributed by atoms with E-state index in [-0.39, 0.29) is 0 Å². The summed E-state index contributed by atoms with van der Waals surface area (Å²) in [6, 6.07) is 8.78. The maximum Gasteiger partial charge on any atom is 0.0416 e. The van der Waals surface area contributed by atoms with Crippen LogP contribution in [0.3, 0.4) is 0 Å². The zero-order valence-electron chi connectivity index (χ0n) is 8.53. The Balaban J connectivity index is 1.89. The average molecular weight is 195 g/mol. The molecule has 1 aromatic rings.